The zero-order valence-corrected chi connectivity index (χ0v) is 19.2. The summed E-state index contributed by atoms with van der Waals surface area (Å²) in [5.41, 5.74) is 0.497. The van der Waals surface area contributed by atoms with Crippen molar-refractivity contribution in [1.82, 2.24) is 0 Å². The summed E-state index contributed by atoms with van der Waals surface area (Å²) in [6, 6.07) is 0. The Labute approximate surface area is 142 Å². The van der Waals surface area contributed by atoms with Crippen LogP contribution in [0.2, 0.25) is 0 Å². The third-order valence-electron chi connectivity index (χ3n) is 2.00. The minimum absolute atomic E-state index is 0.497. The first-order chi connectivity index (χ1) is 9.85. The lowest BCUT2D eigenvalue weighted by Gasteiger charge is -2.28. The van der Waals surface area contributed by atoms with Crippen molar-refractivity contribution in [2.45, 2.75) is 103 Å². The molecule has 0 saturated heterocycles. The zero-order chi connectivity index (χ0) is 18.9. The molecule has 0 aromatic rings. The smallest absolute Gasteiger partial charge is 0.0333 e. The molecule has 21 heavy (non-hydrogen) atoms. The quantitative estimate of drug-likeness (QED) is 0.352. The molecule has 0 aliphatic rings. The Morgan fingerprint density at radius 2 is 1.10 bits per heavy atom. The van der Waals surface area contributed by atoms with E-state index in [1.807, 2.05) is 48.5 Å². The van der Waals surface area contributed by atoms with Crippen LogP contribution < -0.4 is 0 Å². The van der Waals surface area contributed by atoms with Gasteiger partial charge in [0.1, 0.15) is 0 Å². The van der Waals surface area contributed by atoms with E-state index in [2.05, 4.69) is 57.4 Å². The van der Waals surface area contributed by atoms with Crippen molar-refractivity contribution in [3.8, 4) is 0 Å². The van der Waals surface area contributed by atoms with Crippen LogP contribution >= 0.6 is 9.24 Å². The van der Waals surface area contributed by atoms with Crippen LogP contribution in [0.3, 0.4) is 0 Å². The van der Waals surface area contributed by atoms with Crippen molar-refractivity contribution in [3.05, 3.63) is 12.7 Å². The van der Waals surface area contributed by atoms with Crippen molar-refractivity contribution in [2.75, 3.05) is 6.16 Å². The average molecular weight is 323 g/mol. The lowest BCUT2D eigenvalue weighted by molar-refractivity contribution is 0.259. The highest BCUT2D eigenvalue weighted by atomic mass is 31.0. The molecule has 136 valence electrons. The van der Waals surface area contributed by atoms with E-state index in [9.17, 15) is 0 Å². The van der Waals surface area contributed by atoms with Crippen molar-refractivity contribution >= 4 is 9.24 Å². The number of allylic oxidation sites excluding steroid dienone is 1. The standard InChI is InChI=1S/C8H19P.C3H8.C3H6.3C2H6/c1-5-7(6-9)8(2,3)4;2*1-3-2;3*1-2/h7H,5-6,9H2,1-4H3;3H2,1-2H3;3H,1H2,2H3;3*1-2H3. The average Bonchev–Trinajstić information content (AvgIpc) is 2.47. The van der Waals surface area contributed by atoms with Gasteiger partial charge in [-0.1, -0.05) is 102 Å². The van der Waals surface area contributed by atoms with E-state index in [-0.39, 0.29) is 0 Å². The van der Waals surface area contributed by atoms with Gasteiger partial charge in [0.25, 0.3) is 0 Å². The maximum Gasteiger partial charge on any atom is -0.0333 e. The summed E-state index contributed by atoms with van der Waals surface area (Å²) >= 11 is 0. The maximum atomic E-state index is 3.36. The molecule has 2 unspecified atom stereocenters. The summed E-state index contributed by atoms with van der Waals surface area (Å²) in [5.74, 6) is 0.863. The molecule has 0 spiro atoms. The molecule has 0 bridgehead atoms. The first-order valence-corrected chi connectivity index (χ1v) is 9.94. The SMILES string of the molecule is C=CC.CC.CC.CC.CCC.CCC(CP)C(C)(C)C. The van der Waals surface area contributed by atoms with Gasteiger partial charge in [-0.25, -0.2) is 0 Å². The Kier molecular flexibility index (Phi) is 76.2. The van der Waals surface area contributed by atoms with Crippen LogP contribution in [-0.2, 0) is 0 Å². The van der Waals surface area contributed by atoms with Gasteiger partial charge in [-0.15, -0.1) is 15.8 Å². The topological polar surface area (TPSA) is 0 Å². The molecule has 1 heteroatoms. The van der Waals surface area contributed by atoms with Gasteiger partial charge in [0.05, 0.1) is 0 Å². The third-order valence-corrected chi connectivity index (χ3v) is 2.57. The Balaban J connectivity index is -0.0000000393. The van der Waals surface area contributed by atoms with Crippen LogP contribution in [0.1, 0.15) is 103 Å². The summed E-state index contributed by atoms with van der Waals surface area (Å²) < 4.78 is 0. The molecule has 0 nitrogen and oxygen atoms in total. The van der Waals surface area contributed by atoms with Crippen molar-refractivity contribution < 1.29 is 0 Å². The summed E-state index contributed by atoms with van der Waals surface area (Å²) in [6.45, 7) is 30.7. The molecule has 0 aromatic heterocycles. The maximum absolute atomic E-state index is 3.36. The molecule has 0 heterocycles. The highest BCUT2D eigenvalue weighted by molar-refractivity contribution is 7.16. The number of hydrogen-bond acceptors (Lipinski definition) is 0. The molecular formula is C20H51P. The zero-order valence-electron chi connectivity index (χ0n) is 18.1. The second-order valence-corrected chi connectivity index (χ2v) is 5.29. The highest BCUT2D eigenvalue weighted by Gasteiger charge is 2.20. The monoisotopic (exact) mass is 322 g/mol. The van der Waals surface area contributed by atoms with E-state index >= 15 is 0 Å². The molecule has 0 amide bonds. The minimum atomic E-state index is 0.497. The molecule has 0 aliphatic carbocycles. The van der Waals surface area contributed by atoms with Crippen molar-refractivity contribution in [2.24, 2.45) is 11.3 Å². The van der Waals surface area contributed by atoms with Crippen molar-refractivity contribution in [3.63, 3.8) is 0 Å². The molecule has 0 aromatic carbocycles. The third kappa shape index (κ3) is 64.4. The van der Waals surface area contributed by atoms with Gasteiger partial charge >= 0.3 is 0 Å². The Hall–Kier alpha value is 0.170. The minimum Gasteiger partial charge on any atom is -0.137 e. The van der Waals surface area contributed by atoms with E-state index in [0.717, 1.165) is 5.92 Å². The van der Waals surface area contributed by atoms with Crippen LogP contribution in [0.15, 0.2) is 12.7 Å². The molecule has 0 N–H and O–H groups in total. The fraction of sp³-hybridized carbons (Fsp3) is 0.900. The first-order valence-electron chi connectivity index (χ1n) is 9.12. The van der Waals surface area contributed by atoms with Crippen molar-refractivity contribution in [1.29, 1.82) is 0 Å². The molecule has 0 aliphatic heterocycles. The highest BCUT2D eigenvalue weighted by Crippen LogP contribution is 2.29. The Morgan fingerprint density at radius 3 is 1.10 bits per heavy atom. The van der Waals surface area contributed by atoms with Gasteiger partial charge in [-0.2, -0.15) is 0 Å². The number of hydrogen-bond donors (Lipinski definition) is 0. The summed E-state index contributed by atoms with van der Waals surface area (Å²) in [7, 11) is 2.83. The van der Waals surface area contributed by atoms with Crippen LogP contribution in [-0.4, -0.2) is 6.16 Å². The Morgan fingerprint density at radius 1 is 0.905 bits per heavy atom. The molecule has 2 atom stereocenters. The van der Waals surface area contributed by atoms with E-state index in [1.165, 1.54) is 19.0 Å². The Bertz CT molecular complexity index is 107. The fourth-order valence-corrected chi connectivity index (χ4v) is 2.17. The predicted octanol–water partition coefficient (Wildman–Crippen LogP) is 8.62. The molecule has 0 rings (SSSR count). The van der Waals surface area contributed by atoms with E-state index in [4.69, 9.17) is 0 Å². The van der Waals surface area contributed by atoms with E-state index in [1.54, 1.807) is 6.08 Å². The van der Waals surface area contributed by atoms with Crippen LogP contribution in [0.5, 0.6) is 0 Å². The lowest BCUT2D eigenvalue weighted by atomic mass is 9.80. The van der Waals surface area contributed by atoms with Gasteiger partial charge in [0.2, 0.25) is 0 Å². The van der Waals surface area contributed by atoms with Crippen LogP contribution in [0.4, 0.5) is 0 Å². The van der Waals surface area contributed by atoms with Gasteiger partial charge in [0.15, 0.2) is 0 Å². The van der Waals surface area contributed by atoms with Gasteiger partial charge in [-0.05, 0) is 24.4 Å². The van der Waals surface area contributed by atoms with Crippen LogP contribution in [0.25, 0.3) is 0 Å². The van der Waals surface area contributed by atoms with Crippen LogP contribution in [0, 0.1) is 11.3 Å². The normalized spacial score (nSPS) is 9.05. The summed E-state index contributed by atoms with van der Waals surface area (Å²) in [6.07, 6.45) is 5.53. The van der Waals surface area contributed by atoms with E-state index in [0.29, 0.717) is 5.41 Å². The molecule has 0 radical (unpaired) electrons. The van der Waals surface area contributed by atoms with Gasteiger partial charge in [-0.3, -0.25) is 0 Å². The summed E-state index contributed by atoms with van der Waals surface area (Å²) in [4.78, 5) is 0. The second-order valence-electron chi connectivity index (χ2n) is 4.82. The second kappa shape index (κ2) is 42.7. The van der Waals surface area contributed by atoms with Gasteiger partial charge < -0.3 is 0 Å². The van der Waals surface area contributed by atoms with Gasteiger partial charge in [0, 0.05) is 0 Å². The number of rotatable bonds is 2. The molecular weight excluding hydrogens is 271 g/mol. The fourth-order valence-electron chi connectivity index (χ4n) is 1.13. The largest absolute Gasteiger partial charge is 0.137 e. The lowest BCUT2D eigenvalue weighted by Crippen LogP contribution is -2.20. The van der Waals surface area contributed by atoms with E-state index < -0.39 is 0 Å². The summed E-state index contributed by atoms with van der Waals surface area (Å²) in [5, 5.41) is 0. The molecule has 0 saturated carbocycles. The molecule has 0 fully saturated rings. The first kappa shape index (κ1) is 37.4. The predicted molar refractivity (Wildman–Crippen MR) is 114 cm³/mol.